The number of rotatable bonds is 2. The summed E-state index contributed by atoms with van der Waals surface area (Å²) in [6.45, 7) is 0. The number of carbonyl (C=O) groups is 1. The summed E-state index contributed by atoms with van der Waals surface area (Å²) in [5, 5.41) is 0.393. The molecule has 1 N–H and O–H groups in total. The van der Waals surface area contributed by atoms with E-state index in [4.69, 9.17) is 0 Å². The minimum absolute atomic E-state index is 0.152. The Kier molecular flexibility index (Phi) is 3.24. The number of aldehydes is 1. The molecule has 112 valence electrons. The van der Waals surface area contributed by atoms with Gasteiger partial charge in [0.2, 0.25) is 0 Å². The standard InChI is InChI=1S/C16H9F4NO/c17-13-3-1-2-11-12(8-22)14(21-15(11)13)9-4-6-10(7-5-9)16(18,19)20/h1-8,21H. The molecule has 0 spiro atoms. The van der Waals surface area contributed by atoms with Crippen molar-refractivity contribution >= 4 is 17.2 Å². The number of benzene rings is 2. The molecule has 2 aromatic carbocycles. The van der Waals surface area contributed by atoms with Crippen LogP contribution in [0, 0.1) is 5.82 Å². The highest BCUT2D eigenvalue weighted by molar-refractivity contribution is 6.04. The van der Waals surface area contributed by atoms with E-state index in [2.05, 4.69) is 4.98 Å². The maximum absolute atomic E-state index is 13.8. The lowest BCUT2D eigenvalue weighted by molar-refractivity contribution is -0.137. The first-order valence-electron chi connectivity index (χ1n) is 6.35. The number of para-hydroxylation sites is 1. The Morgan fingerprint density at radius 2 is 1.68 bits per heavy atom. The summed E-state index contributed by atoms with van der Waals surface area (Å²) < 4.78 is 51.5. The summed E-state index contributed by atoms with van der Waals surface area (Å²) in [5.41, 5.74) is 0.259. The van der Waals surface area contributed by atoms with Gasteiger partial charge in [0.1, 0.15) is 5.82 Å². The van der Waals surface area contributed by atoms with Crippen LogP contribution in [0.1, 0.15) is 15.9 Å². The van der Waals surface area contributed by atoms with E-state index in [1.165, 1.54) is 24.3 Å². The molecule has 1 heterocycles. The van der Waals surface area contributed by atoms with E-state index in [0.717, 1.165) is 12.1 Å². The first-order chi connectivity index (χ1) is 10.4. The Bertz CT molecular complexity index is 847. The molecule has 0 bridgehead atoms. The second-order valence-electron chi connectivity index (χ2n) is 4.77. The largest absolute Gasteiger partial charge is 0.416 e. The summed E-state index contributed by atoms with van der Waals surface area (Å²) >= 11 is 0. The molecule has 0 atom stereocenters. The zero-order valence-electron chi connectivity index (χ0n) is 11.0. The molecule has 0 fully saturated rings. The van der Waals surface area contributed by atoms with Gasteiger partial charge in [0, 0.05) is 10.9 Å². The average Bonchev–Trinajstić information content (AvgIpc) is 2.86. The van der Waals surface area contributed by atoms with Gasteiger partial charge in [-0.15, -0.1) is 0 Å². The van der Waals surface area contributed by atoms with Gasteiger partial charge in [-0.3, -0.25) is 4.79 Å². The third kappa shape index (κ3) is 2.26. The van der Waals surface area contributed by atoms with Gasteiger partial charge in [0.25, 0.3) is 0 Å². The Morgan fingerprint density at radius 3 is 2.27 bits per heavy atom. The predicted octanol–water partition coefficient (Wildman–Crippen LogP) is 4.81. The van der Waals surface area contributed by atoms with Crippen LogP contribution in [0.5, 0.6) is 0 Å². The zero-order valence-corrected chi connectivity index (χ0v) is 11.0. The number of H-pyrrole nitrogens is 1. The van der Waals surface area contributed by atoms with Gasteiger partial charge in [-0.05, 0) is 23.8 Å². The molecule has 0 saturated carbocycles. The fourth-order valence-corrected chi connectivity index (χ4v) is 2.38. The average molecular weight is 307 g/mol. The fourth-order valence-electron chi connectivity index (χ4n) is 2.38. The van der Waals surface area contributed by atoms with Crippen LogP contribution in [0.15, 0.2) is 42.5 Å². The monoisotopic (exact) mass is 307 g/mol. The zero-order chi connectivity index (χ0) is 15.9. The number of halogens is 4. The Labute approximate surface area is 122 Å². The van der Waals surface area contributed by atoms with Crippen molar-refractivity contribution in [3.8, 4) is 11.3 Å². The second kappa shape index (κ2) is 4.98. The molecule has 0 aliphatic carbocycles. The molecule has 0 saturated heterocycles. The minimum Gasteiger partial charge on any atom is -0.352 e. The van der Waals surface area contributed by atoms with Crippen molar-refractivity contribution in [1.29, 1.82) is 0 Å². The van der Waals surface area contributed by atoms with Crippen molar-refractivity contribution in [2.24, 2.45) is 0 Å². The molecule has 6 heteroatoms. The van der Waals surface area contributed by atoms with Crippen LogP contribution in [0.25, 0.3) is 22.2 Å². The molecule has 3 aromatic rings. The van der Waals surface area contributed by atoms with Crippen LogP contribution in [0.3, 0.4) is 0 Å². The van der Waals surface area contributed by atoms with Gasteiger partial charge in [0.15, 0.2) is 6.29 Å². The number of hydrogen-bond acceptors (Lipinski definition) is 1. The summed E-state index contributed by atoms with van der Waals surface area (Å²) in [4.78, 5) is 14.1. The van der Waals surface area contributed by atoms with Crippen molar-refractivity contribution in [2.45, 2.75) is 6.18 Å². The van der Waals surface area contributed by atoms with E-state index < -0.39 is 17.6 Å². The number of fused-ring (bicyclic) bond motifs is 1. The van der Waals surface area contributed by atoms with Crippen molar-refractivity contribution < 1.29 is 22.4 Å². The number of hydrogen-bond donors (Lipinski definition) is 1. The molecule has 0 radical (unpaired) electrons. The highest BCUT2D eigenvalue weighted by atomic mass is 19.4. The molecule has 3 rings (SSSR count). The fraction of sp³-hybridized carbons (Fsp3) is 0.0625. The number of carbonyl (C=O) groups excluding carboxylic acids is 1. The van der Waals surface area contributed by atoms with Crippen LogP contribution in [-0.2, 0) is 6.18 Å². The normalized spacial score (nSPS) is 11.8. The van der Waals surface area contributed by atoms with E-state index in [9.17, 15) is 22.4 Å². The van der Waals surface area contributed by atoms with Gasteiger partial charge in [0.05, 0.1) is 16.8 Å². The molecule has 0 aliphatic heterocycles. The first-order valence-corrected chi connectivity index (χ1v) is 6.35. The van der Waals surface area contributed by atoms with Crippen molar-refractivity contribution in [3.63, 3.8) is 0 Å². The third-order valence-corrected chi connectivity index (χ3v) is 3.44. The van der Waals surface area contributed by atoms with Crippen LogP contribution in [0.4, 0.5) is 17.6 Å². The second-order valence-corrected chi connectivity index (χ2v) is 4.77. The molecule has 0 amide bonds. The minimum atomic E-state index is -4.43. The van der Waals surface area contributed by atoms with E-state index in [1.807, 2.05) is 0 Å². The summed E-state index contributed by atoms with van der Waals surface area (Å²) in [6, 6.07) is 8.62. The van der Waals surface area contributed by atoms with Crippen molar-refractivity contribution in [1.82, 2.24) is 4.98 Å². The van der Waals surface area contributed by atoms with Crippen LogP contribution in [-0.4, -0.2) is 11.3 Å². The lowest BCUT2D eigenvalue weighted by Gasteiger charge is -2.07. The lowest BCUT2D eigenvalue weighted by Crippen LogP contribution is -2.04. The van der Waals surface area contributed by atoms with Gasteiger partial charge in [-0.25, -0.2) is 4.39 Å². The summed E-state index contributed by atoms with van der Waals surface area (Å²) in [7, 11) is 0. The molecular formula is C16H9F4NO. The highest BCUT2D eigenvalue weighted by Crippen LogP contribution is 2.33. The molecule has 2 nitrogen and oxygen atoms in total. The van der Waals surface area contributed by atoms with E-state index in [-0.39, 0.29) is 11.1 Å². The molecule has 0 unspecified atom stereocenters. The molecular weight excluding hydrogens is 298 g/mol. The van der Waals surface area contributed by atoms with Gasteiger partial charge >= 0.3 is 6.18 Å². The lowest BCUT2D eigenvalue weighted by atomic mass is 10.0. The topological polar surface area (TPSA) is 32.9 Å². The highest BCUT2D eigenvalue weighted by Gasteiger charge is 2.30. The van der Waals surface area contributed by atoms with Gasteiger partial charge < -0.3 is 4.98 Å². The SMILES string of the molecule is O=Cc1c(-c2ccc(C(F)(F)F)cc2)[nH]c2c(F)cccc12. The maximum atomic E-state index is 13.8. The Balaban J connectivity index is 2.18. The Hall–Kier alpha value is -2.63. The number of nitrogens with one attached hydrogen (secondary N) is 1. The van der Waals surface area contributed by atoms with Crippen LogP contribution in [0.2, 0.25) is 0 Å². The van der Waals surface area contributed by atoms with E-state index in [1.54, 1.807) is 6.07 Å². The van der Waals surface area contributed by atoms with Crippen LogP contribution >= 0.6 is 0 Å². The number of aromatic amines is 1. The summed E-state index contributed by atoms with van der Waals surface area (Å²) in [5.74, 6) is -0.529. The smallest absolute Gasteiger partial charge is 0.352 e. The summed E-state index contributed by atoms with van der Waals surface area (Å²) in [6.07, 6.45) is -3.87. The van der Waals surface area contributed by atoms with Gasteiger partial charge in [-0.1, -0.05) is 24.3 Å². The molecule has 0 aliphatic rings. The number of alkyl halides is 3. The van der Waals surface area contributed by atoms with Crippen LogP contribution < -0.4 is 0 Å². The third-order valence-electron chi connectivity index (χ3n) is 3.44. The van der Waals surface area contributed by atoms with Gasteiger partial charge in [-0.2, -0.15) is 13.2 Å². The maximum Gasteiger partial charge on any atom is 0.416 e. The van der Waals surface area contributed by atoms with Crippen molar-refractivity contribution in [2.75, 3.05) is 0 Å². The quantitative estimate of drug-likeness (QED) is 0.535. The number of aromatic nitrogens is 1. The molecule has 1 aromatic heterocycles. The predicted molar refractivity (Wildman–Crippen MR) is 74.1 cm³/mol. The van der Waals surface area contributed by atoms with E-state index >= 15 is 0 Å². The molecule has 22 heavy (non-hydrogen) atoms. The first kappa shape index (κ1) is 14.3. The Morgan fingerprint density at radius 1 is 1.00 bits per heavy atom. The van der Waals surface area contributed by atoms with Crippen molar-refractivity contribution in [3.05, 3.63) is 59.4 Å². The van der Waals surface area contributed by atoms with E-state index in [0.29, 0.717) is 22.9 Å².